The molecule has 0 radical (unpaired) electrons. The predicted molar refractivity (Wildman–Crippen MR) is 75.1 cm³/mol. The standard InChI is InChI=1S/C13H12BrFN2S/c1-8(16)10-3-2-4-11(15)13(10)18-12-6-5-9(14)7-17-12/h2-8H,16H2,1H3. The molecule has 0 aliphatic carbocycles. The fourth-order valence-corrected chi connectivity index (χ4v) is 2.74. The van der Waals surface area contributed by atoms with E-state index in [1.54, 1.807) is 12.3 Å². The van der Waals surface area contributed by atoms with Crippen LogP contribution in [0.5, 0.6) is 0 Å². The van der Waals surface area contributed by atoms with E-state index in [0.29, 0.717) is 4.90 Å². The molecule has 0 spiro atoms. The Hall–Kier alpha value is -0.910. The lowest BCUT2D eigenvalue weighted by atomic mass is 10.1. The van der Waals surface area contributed by atoms with Gasteiger partial charge in [0.05, 0.1) is 4.90 Å². The summed E-state index contributed by atoms with van der Waals surface area (Å²) in [5.41, 5.74) is 6.65. The average molecular weight is 327 g/mol. The second-order valence-electron chi connectivity index (χ2n) is 3.86. The van der Waals surface area contributed by atoms with Gasteiger partial charge in [0.15, 0.2) is 0 Å². The Morgan fingerprint density at radius 3 is 2.72 bits per heavy atom. The van der Waals surface area contributed by atoms with E-state index in [-0.39, 0.29) is 11.9 Å². The van der Waals surface area contributed by atoms with Gasteiger partial charge in [-0.2, -0.15) is 0 Å². The summed E-state index contributed by atoms with van der Waals surface area (Å²) in [6.45, 7) is 1.84. The van der Waals surface area contributed by atoms with Crippen LogP contribution in [-0.4, -0.2) is 4.98 Å². The van der Waals surface area contributed by atoms with Crippen molar-refractivity contribution in [1.29, 1.82) is 0 Å². The Labute approximate surface area is 118 Å². The van der Waals surface area contributed by atoms with Gasteiger partial charge in [0.1, 0.15) is 10.8 Å². The van der Waals surface area contributed by atoms with Crippen LogP contribution in [0.4, 0.5) is 4.39 Å². The summed E-state index contributed by atoms with van der Waals surface area (Å²) in [7, 11) is 0. The number of hydrogen-bond donors (Lipinski definition) is 1. The minimum atomic E-state index is -0.264. The molecule has 0 aliphatic rings. The maximum atomic E-state index is 13.9. The zero-order valence-corrected chi connectivity index (χ0v) is 12.1. The summed E-state index contributed by atoms with van der Waals surface area (Å²) < 4.78 is 14.8. The summed E-state index contributed by atoms with van der Waals surface area (Å²) in [6, 6.07) is 8.46. The van der Waals surface area contributed by atoms with Crippen molar-refractivity contribution in [2.75, 3.05) is 0 Å². The van der Waals surface area contributed by atoms with Gasteiger partial charge in [0.25, 0.3) is 0 Å². The number of nitrogens with two attached hydrogens (primary N) is 1. The molecule has 2 N–H and O–H groups in total. The molecule has 1 heterocycles. The first-order chi connectivity index (χ1) is 8.58. The van der Waals surface area contributed by atoms with Crippen LogP contribution in [0.15, 0.2) is 50.9 Å². The highest BCUT2D eigenvalue weighted by atomic mass is 79.9. The molecule has 18 heavy (non-hydrogen) atoms. The van der Waals surface area contributed by atoms with Crippen LogP contribution in [0.25, 0.3) is 0 Å². The second kappa shape index (κ2) is 5.82. The SMILES string of the molecule is CC(N)c1cccc(F)c1Sc1ccc(Br)cn1. The number of rotatable bonds is 3. The van der Waals surface area contributed by atoms with Gasteiger partial charge in [0.2, 0.25) is 0 Å². The third-order valence-electron chi connectivity index (χ3n) is 2.39. The lowest BCUT2D eigenvalue weighted by Crippen LogP contribution is -2.07. The Morgan fingerprint density at radius 1 is 1.33 bits per heavy atom. The van der Waals surface area contributed by atoms with E-state index in [0.717, 1.165) is 15.1 Å². The van der Waals surface area contributed by atoms with Crippen LogP contribution in [-0.2, 0) is 0 Å². The van der Waals surface area contributed by atoms with Crippen LogP contribution in [0.3, 0.4) is 0 Å². The van der Waals surface area contributed by atoms with Crippen molar-refractivity contribution in [3.63, 3.8) is 0 Å². The van der Waals surface area contributed by atoms with E-state index in [1.807, 2.05) is 25.1 Å². The molecule has 0 fully saturated rings. The van der Waals surface area contributed by atoms with Gasteiger partial charge >= 0.3 is 0 Å². The fraction of sp³-hybridized carbons (Fsp3) is 0.154. The Balaban J connectivity index is 2.36. The molecule has 1 unspecified atom stereocenters. The maximum absolute atomic E-state index is 13.9. The number of hydrogen-bond acceptors (Lipinski definition) is 3. The van der Waals surface area contributed by atoms with Crippen molar-refractivity contribution in [2.45, 2.75) is 22.9 Å². The molecule has 94 valence electrons. The minimum Gasteiger partial charge on any atom is -0.324 e. The van der Waals surface area contributed by atoms with E-state index in [9.17, 15) is 4.39 Å². The summed E-state index contributed by atoms with van der Waals surface area (Å²) in [5, 5.41) is 0.741. The lowest BCUT2D eigenvalue weighted by molar-refractivity contribution is 0.591. The first-order valence-electron chi connectivity index (χ1n) is 5.41. The van der Waals surface area contributed by atoms with Crippen LogP contribution in [0.2, 0.25) is 0 Å². The first-order valence-corrected chi connectivity index (χ1v) is 7.02. The third-order valence-corrected chi connectivity index (χ3v) is 3.95. The smallest absolute Gasteiger partial charge is 0.137 e. The van der Waals surface area contributed by atoms with Gasteiger partial charge in [-0.15, -0.1) is 0 Å². The van der Waals surface area contributed by atoms with Crippen LogP contribution < -0.4 is 5.73 Å². The molecule has 2 aromatic rings. The number of nitrogens with zero attached hydrogens (tertiary/aromatic N) is 1. The average Bonchev–Trinajstić information content (AvgIpc) is 2.34. The van der Waals surface area contributed by atoms with E-state index in [2.05, 4.69) is 20.9 Å². The van der Waals surface area contributed by atoms with Gasteiger partial charge in [-0.25, -0.2) is 9.37 Å². The molecule has 2 nitrogen and oxygen atoms in total. The zero-order valence-electron chi connectivity index (χ0n) is 9.73. The van der Waals surface area contributed by atoms with Gasteiger partial charge in [-0.05, 0) is 46.6 Å². The quantitative estimate of drug-likeness (QED) is 0.920. The molecule has 1 aromatic carbocycles. The van der Waals surface area contributed by atoms with E-state index in [1.165, 1.54) is 17.8 Å². The first kappa shape index (κ1) is 13.5. The van der Waals surface area contributed by atoms with Crippen molar-refractivity contribution >= 4 is 27.7 Å². The van der Waals surface area contributed by atoms with E-state index < -0.39 is 0 Å². The van der Waals surface area contributed by atoms with E-state index in [4.69, 9.17) is 5.73 Å². The van der Waals surface area contributed by atoms with Crippen molar-refractivity contribution in [3.8, 4) is 0 Å². The molecule has 1 aromatic heterocycles. The molecular weight excluding hydrogens is 315 g/mol. The molecule has 5 heteroatoms. The predicted octanol–water partition coefficient (Wildman–Crippen LogP) is 4.15. The third kappa shape index (κ3) is 3.10. The number of aromatic nitrogens is 1. The number of benzene rings is 1. The highest BCUT2D eigenvalue weighted by Crippen LogP contribution is 2.34. The second-order valence-corrected chi connectivity index (χ2v) is 5.81. The molecule has 0 saturated carbocycles. The van der Waals surface area contributed by atoms with Gasteiger partial charge in [0, 0.05) is 16.7 Å². The van der Waals surface area contributed by atoms with Crippen LogP contribution in [0, 0.1) is 5.82 Å². The zero-order chi connectivity index (χ0) is 13.1. The van der Waals surface area contributed by atoms with E-state index >= 15 is 0 Å². The fourth-order valence-electron chi connectivity index (χ4n) is 1.52. The Kier molecular flexibility index (Phi) is 4.37. The Bertz CT molecular complexity index is 543. The molecule has 0 aliphatic heterocycles. The molecule has 0 amide bonds. The van der Waals surface area contributed by atoms with Gasteiger partial charge in [-0.1, -0.05) is 23.9 Å². The summed E-state index contributed by atoms with van der Waals surface area (Å²) in [4.78, 5) is 4.77. The lowest BCUT2D eigenvalue weighted by Gasteiger charge is -2.12. The molecule has 1 atom stereocenters. The summed E-state index contributed by atoms with van der Waals surface area (Å²) >= 11 is 4.61. The minimum absolute atomic E-state index is 0.210. The molecular formula is C13H12BrFN2S. The van der Waals surface area contributed by atoms with Crippen LogP contribution in [0.1, 0.15) is 18.5 Å². The van der Waals surface area contributed by atoms with Gasteiger partial charge in [-0.3, -0.25) is 0 Å². The number of pyridine rings is 1. The normalized spacial score (nSPS) is 12.4. The molecule has 0 bridgehead atoms. The van der Waals surface area contributed by atoms with Crippen molar-refractivity contribution in [1.82, 2.24) is 4.98 Å². The summed E-state index contributed by atoms with van der Waals surface area (Å²) in [5.74, 6) is -0.264. The van der Waals surface area contributed by atoms with Crippen molar-refractivity contribution in [2.24, 2.45) is 5.73 Å². The molecule has 2 rings (SSSR count). The maximum Gasteiger partial charge on any atom is 0.137 e. The Morgan fingerprint density at radius 2 is 2.11 bits per heavy atom. The van der Waals surface area contributed by atoms with Crippen molar-refractivity contribution in [3.05, 3.63) is 52.4 Å². The molecule has 0 saturated heterocycles. The largest absolute Gasteiger partial charge is 0.324 e. The van der Waals surface area contributed by atoms with Gasteiger partial charge < -0.3 is 5.73 Å². The summed E-state index contributed by atoms with van der Waals surface area (Å²) in [6.07, 6.45) is 1.69. The van der Waals surface area contributed by atoms with Crippen molar-refractivity contribution < 1.29 is 4.39 Å². The monoisotopic (exact) mass is 326 g/mol. The number of halogens is 2. The highest BCUT2D eigenvalue weighted by molar-refractivity contribution is 9.10. The van der Waals surface area contributed by atoms with Crippen LogP contribution >= 0.6 is 27.7 Å². The topological polar surface area (TPSA) is 38.9 Å². The highest BCUT2D eigenvalue weighted by Gasteiger charge is 2.13.